The third kappa shape index (κ3) is 3.29. The van der Waals surface area contributed by atoms with Crippen molar-refractivity contribution in [2.24, 2.45) is 5.92 Å². The molecule has 1 saturated carbocycles. The molecule has 20 heavy (non-hydrogen) atoms. The SMILES string of the molecule is N#Cc1cc(NC(=O)C2CCC(F)(F)CC2)ccc1F. The van der Waals surface area contributed by atoms with Crippen LogP contribution in [0.3, 0.4) is 0 Å². The Hall–Kier alpha value is -2.03. The van der Waals surface area contributed by atoms with Gasteiger partial charge in [-0.25, -0.2) is 13.2 Å². The van der Waals surface area contributed by atoms with Crippen molar-refractivity contribution in [1.82, 2.24) is 0 Å². The standard InChI is InChI=1S/C14H13F3N2O/c15-12-2-1-11(7-10(12)8-18)19-13(20)9-3-5-14(16,17)6-4-9/h1-2,7,9H,3-6H2,(H,19,20). The average Bonchev–Trinajstić information content (AvgIpc) is 2.40. The summed E-state index contributed by atoms with van der Waals surface area (Å²) in [5, 5.41) is 11.2. The maximum Gasteiger partial charge on any atom is 0.248 e. The van der Waals surface area contributed by atoms with E-state index in [2.05, 4.69) is 5.32 Å². The topological polar surface area (TPSA) is 52.9 Å². The van der Waals surface area contributed by atoms with Crippen molar-refractivity contribution in [3.8, 4) is 6.07 Å². The Morgan fingerprint density at radius 3 is 2.60 bits per heavy atom. The number of hydrogen-bond acceptors (Lipinski definition) is 2. The summed E-state index contributed by atoms with van der Waals surface area (Å²) in [5.74, 6) is -4.18. The van der Waals surface area contributed by atoms with E-state index in [-0.39, 0.29) is 37.2 Å². The monoisotopic (exact) mass is 282 g/mol. The van der Waals surface area contributed by atoms with Gasteiger partial charge in [0.1, 0.15) is 11.9 Å². The van der Waals surface area contributed by atoms with Gasteiger partial charge in [-0.05, 0) is 31.0 Å². The van der Waals surface area contributed by atoms with Crippen molar-refractivity contribution in [2.75, 3.05) is 5.32 Å². The fourth-order valence-electron chi connectivity index (χ4n) is 2.24. The summed E-state index contributed by atoms with van der Waals surface area (Å²) in [6, 6.07) is 5.33. The first-order valence-corrected chi connectivity index (χ1v) is 6.29. The van der Waals surface area contributed by atoms with E-state index >= 15 is 0 Å². The zero-order valence-electron chi connectivity index (χ0n) is 10.6. The van der Waals surface area contributed by atoms with Gasteiger partial charge in [-0.1, -0.05) is 0 Å². The molecule has 0 unspecified atom stereocenters. The molecule has 0 bridgehead atoms. The van der Waals surface area contributed by atoms with Crippen molar-refractivity contribution >= 4 is 11.6 Å². The molecule has 1 aromatic rings. The molecule has 106 valence electrons. The molecule has 1 N–H and O–H groups in total. The highest BCUT2D eigenvalue weighted by atomic mass is 19.3. The summed E-state index contributed by atoms with van der Waals surface area (Å²) < 4.78 is 39.1. The largest absolute Gasteiger partial charge is 0.326 e. The molecule has 1 aliphatic carbocycles. The number of amides is 1. The Labute approximate surface area is 114 Å². The fraction of sp³-hybridized carbons (Fsp3) is 0.429. The molecule has 3 nitrogen and oxygen atoms in total. The Morgan fingerprint density at radius 2 is 2.00 bits per heavy atom. The lowest BCUT2D eigenvalue weighted by atomic mass is 9.86. The number of nitriles is 1. The van der Waals surface area contributed by atoms with Gasteiger partial charge in [-0.15, -0.1) is 0 Å². The molecule has 0 heterocycles. The number of alkyl halides is 2. The van der Waals surface area contributed by atoms with Crippen LogP contribution in [0.1, 0.15) is 31.2 Å². The van der Waals surface area contributed by atoms with Crippen LogP contribution in [0.15, 0.2) is 18.2 Å². The van der Waals surface area contributed by atoms with Crippen molar-refractivity contribution in [3.63, 3.8) is 0 Å². The predicted octanol–water partition coefficient (Wildman–Crippen LogP) is 3.46. The van der Waals surface area contributed by atoms with Crippen LogP contribution >= 0.6 is 0 Å². The molecule has 0 saturated heterocycles. The van der Waals surface area contributed by atoms with Crippen LogP contribution in [-0.2, 0) is 4.79 Å². The van der Waals surface area contributed by atoms with E-state index in [4.69, 9.17) is 5.26 Å². The van der Waals surface area contributed by atoms with Gasteiger partial charge in [0.2, 0.25) is 11.8 Å². The molecular formula is C14H13F3N2O. The zero-order valence-corrected chi connectivity index (χ0v) is 10.6. The van der Waals surface area contributed by atoms with Gasteiger partial charge in [0.05, 0.1) is 5.56 Å². The van der Waals surface area contributed by atoms with E-state index in [1.807, 2.05) is 0 Å². The number of rotatable bonds is 2. The molecule has 0 radical (unpaired) electrons. The Bertz CT molecular complexity index is 556. The summed E-state index contributed by atoms with van der Waals surface area (Å²) in [5.41, 5.74) is 0.128. The molecule has 0 spiro atoms. The first-order chi connectivity index (χ1) is 9.41. The van der Waals surface area contributed by atoms with E-state index in [1.165, 1.54) is 12.1 Å². The van der Waals surface area contributed by atoms with Crippen LogP contribution in [0, 0.1) is 23.1 Å². The zero-order chi connectivity index (χ0) is 14.8. The highest BCUT2D eigenvalue weighted by molar-refractivity contribution is 5.92. The Balaban J connectivity index is 2.00. The molecule has 0 aromatic heterocycles. The molecule has 6 heteroatoms. The van der Waals surface area contributed by atoms with E-state index < -0.39 is 17.7 Å². The van der Waals surface area contributed by atoms with Gasteiger partial charge in [0.15, 0.2) is 0 Å². The molecule has 0 atom stereocenters. The highest BCUT2D eigenvalue weighted by Crippen LogP contribution is 2.36. The minimum Gasteiger partial charge on any atom is -0.326 e. The third-order valence-electron chi connectivity index (χ3n) is 3.44. The number of benzene rings is 1. The van der Waals surface area contributed by atoms with E-state index in [0.717, 1.165) is 6.07 Å². The highest BCUT2D eigenvalue weighted by Gasteiger charge is 2.37. The summed E-state index contributed by atoms with van der Waals surface area (Å²) in [4.78, 5) is 11.9. The van der Waals surface area contributed by atoms with Gasteiger partial charge in [0, 0.05) is 24.4 Å². The second kappa shape index (κ2) is 5.53. The van der Waals surface area contributed by atoms with Gasteiger partial charge in [0.25, 0.3) is 0 Å². The maximum atomic E-state index is 13.1. The van der Waals surface area contributed by atoms with Crippen molar-refractivity contribution in [2.45, 2.75) is 31.6 Å². The number of carbonyl (C=O) groups excluding carboxylic acids is 1. The Kier molecular flexibility index (Phi) is 3.98. The van der Waals surface area contributed by atoms with Crippen LogP contribution in [0.5, 0.6) is 0 Å². The molecule has 0 aliphatic heterocycles. The minimum absolute atomic E-state index is 0.130. The molecule has 2 rings (SSSR count). The lowest BCUT2D eigenvalue weighted by Gasteiger charge is -2.27. The van der Waals surface area contributed by atoms with Crippen LogP contribution < -0.4 is 5.32 Å². The average molecular weight is 282 g/mol. The smallest absolute Gasteiger partial charge is 0.248 e. The van der Waals surface area contributed by atoms with Gasteiger partial charge in [-0.3, -0.25) is 4.79 Å². The number of nitrogens with zero attached hydrogens (tertiary/aromatic N) is 1. The van der Waals surface area contributed by atoms with Crippen LogP contribution in [-0.4, -0.2) is 11.8 Å². The molecule has 1 aromatic carbocycles. The predicted molar refractivity (Wildman–Crippen MR) is 66.6 cm³/mol. The van der Waals surface area contributed by atoms with Gasteiger partial charge < -0.3 is 5.32 Å². The van der Waals surface area contributed by atoms with Crippen LogP contribution in [0.2, 0.25) is 0 Å². The summed E-state index contributed by atoms with van der Waals surface area (Å²) in [7, 11) is 0. The van der Waals surface area contributed by atoms with Gasteiger partial charge in [-0.2, -0.15) is 5.26 Å². The Morgan fingerprint density at radius 1 is 1.35 bits per heavy atom. The van der Waals surface area contributed by atoms with Gasteiger partial charge >= 0.3 is 0 Å². The number of anilines is 1. The third-order valence-corrected chi connectivity index (χ3v) is 3.44. The van der Waals surface area contributed by atoms with E-state index in [1.54, 1.807) is 6.07 Å². The van der Waals surface area contributed by atoms with Crippen molar-refractivity contribution < 1.29 is 18.0 Å². The van der Waals surface area contributed by atoms with Crippen LogP contribution in [0.25, 0.3) is 0 Å². The molecular weight excluding hydrogens is 269 g/mol. The lowest BCUT2D eigenvalue weighted by molar-refractivity contribution is -0.124. The number of carbonyl (C=O) groups is 1. The molecule has 1 amide bonds. The van der Waals surface area contributed by atoms with Crippen molar-refractivity contribution in [3.05, 3.63) is 29.6 Å². The first kappa shape index (κ1) is 14.4. The summed E-state index contributed by atoms with van der Waals surface area (Å²) in [6.07, 6.45) is -0.327. The number of nitrogens with one attached hydrogen (secondary N) is 1. The molecule has 1 aliphatic rings. The number of hydrogen-bond donors (Lipinski definition) is 1. The van der Waals surface area contributed by atoms with Crippen molar-refractivity contribution in [1.29, 1.82) is 5.26 Å². The fourth-order valence-corrected chi connectivity index (χ4v) is 2.24. The summed E-state index contributed by atoms with van der Waals surface area (Å²) >= 11 is 0. The molecule has 1 fully saturated rings. The lowest BCUT2D eigenvalue weighted by Crippen LogP contribution is -2.31. The van der Waals surface area contributed by atoms with E-state index in [9.17, 15) is 18.0 Å². The second-order valence-corrected chi connectivity index (χ2v) is 4.93. The first-order valence-electron chi connectivity index (χ1n) is 6.29. The van der Waals surface area contributed by atoms with E-state index in [0.29, 0.717) is 5.69 Å². The van der Waals surface area contributed by atoms with Crippen LogP contribution in [0.4, 0.5) is 18.9 Å². The summed E-state index contributed by atoms with van der Waals surface area (Å²) in [6.45, 7) is 0. The second-order valence-electron chi connectivity index (χ2n) is 4.93. The normalized spacial score (nSPS) is 18.3. The maximum absolute atomic E-state index is 13.1. The minimum atomic E-state index is -2.68. The quantitative estimate of drug-likeness (QED) is 0.903. The number of halogens is 3.